The summed E-state index contributed by atoms with van der Waals surface area (Å²) in [6.45, 7) is 2.33. The van der Waals surface area contributed by atoms with E-state index in [9.17, 15) is 0 Å². The van der Waals surface area contributed by atoms with Crippen molar-refractivity contribution < 1.29 is 0 Å². The van der Waals surface area contributed by atoms with Gasteiger partial charge in [-0.2, -0.15) is 0 Å². The van der Waals surface area contributed by atoms with Crippen LogP contribution >= 0.6 is 0 Å². The Labute approximate surface area is 126 Å². The molecule has 2 heterocycles. The molecule has 0 bridgehead atoms. The third kappa shape index (κ3) is 2.56. The fourth-order valence-corrected chi connectivity index (χ4v) is 3.70. The number of aromatic nitrogens is 1. The summed E-state index contributed by atoms with van der Waals surface area (Å²) in [4.78, 5) is 7.16. The number of pyridine rings is 1. The molecule has 1 saturated carbocycles. The van der Waals surface area contributed by atoms with Crippen molar-refractivity contribution in [2.24, 2.45) is 5.92 Å². The zero-order chi connectivity index (χ0) is 14.2. The molecule has 0 spiro atoms. The smallest absolute Gasteiger partial charge is 0.0749 e. The van der Waals surface area contributed by atoms with Crippen molar-refractivity contribution in [3.05, 3.63) is 42.1 Å². The van der Waals surface area contributed by atoms with Crippen LogP contribution in [0.1, 0.15) is 30.9 Å². The number of nitrogens with zero attached hydrogens (tertiary/aromatic N) is 2. The monoisotopic (exact) mass is 281 g/mol. The minimum absolute atomic E-state index is 0.495. The third-order valence-electron chi connectivity index (χ3n) is 5.00. The lowest BCUT2D eigenvalue weighted by molar-refractivity contribution is 0.273. The standard InChI is InChI=1S/C18H23N3/c1-21-11-9-14(12-20-15-7-8-15)18(21)16-6-2-4-13-5-3-10-19-17(13)16/h2-6,10,14-15,18,20H,7-9,11-12H2,1H3. The van der Waals surface area contributed by atoms with Crippen LogP contribution in [0.4, 0.5) is 0 Å². The molecule has 4 rings (SSSR count). The number of nitrogens with one attached hydrogen (secondary N) is 1. The van der Waals surface area contributed by atoms with Crippen molar-refractivity contribution in [1.82, 2.24) is 15.2 Å². The van der Waals surface area contributed by atoms with Gasteiger partial charge in [0.1, 0.15) is 0 Å². The lowest BCUT2D eigenvalue weighted by Crippen LogP contribution is -2.29. The number of benzene rings is 1. The number of para-hydroxylation sites is 1. The molecule has 3 nitrogen and oxygen atoms in total. The molecule has 0 radical (unpaired) electrons. The highest BCUT2D eigenvalue weighted by molar-refractivity contribution is 5.82. The summed E-state index contributed by atoms with van der Waals surface area (Å²) in [6.07, 6.45) is 5.93. The Kier molecular flexibility index (Phi) is 3.40. The highest BCUT2D eigenvalue weighted by Gasteiger charge is 2.35. The summed E-state index contributed by atoms with van der Waals surface area (Å²) in [5.41, 5.74) is 2.57. The van der Waals surface area contributed by atoms with Gasteiger partial charge in [0, 0.05) is 30.2 Å². The molecular weight excluding hydrogens is 258 g/mol. The van der Waals surface area contributed by atoms with Crippen LogP contribution in [0.3, 0.4) is 0 Å². The van der Waals surface area contributed by atoms with Crippen LogP contribution in [-0.2, 0) is 0 Å². The van der Waals surface area contributed by atoms with E-state index in [-0.39, 0.29) is 0 Å². The average molecular weight is 281 g/mol. The van der Waals surface area contributed by atoms with E-state index < -0.39 is 0 Å². The van der Waals surface area contributed by atoms with Gasteiger partial charge >= 0.3 is 0 Å². The zero-order valence-corrected chi connectivity index (χ0v) is 12.6. The molecular formula is C18H23N3. The van der Waals surface area contributed by atoms with E-state index in [0.717, 1.165) is 12.6 Å². The Balaban J connectivity index is 1.67. The van der Waals surface area contributed by atoms with E-state index in [2.05, 4.69) is 46.5 Å². The number of rotatable bonds is 4. The Morgan fingerprint density at radius 2 is 2.05 bits per heavy atom. The van der Waals surface area contributed by atoms with Gasteiger partial charge in [0.25, 0.3) is 0 Å². The molecule has 1 aromatic heterocycles. The molecule has 1 N–H and O–H groups in total. The highest BCUT2D eigenvalue weighted by Crippen LogP contribution is 2.38. The molecule has 1 saturated heterocycles. The predicted molar refractivity (Wildman–Crippen MR) is 86.2 cm³/mol. The average Bonchev–Trinajstić information content (AvgIpc) is 3.28. The maximum absolute atomic E-state index is 4.66. The number of hydrogen-bond donors (Lipinski definition) is 1. The van der Waals surface area contributed by atoms with Gasteiger partial charge in [-0.15, -0.1) is 0 Å². The van der Waals surface area contributed by atoms with Crippen LogP contribution in [0.25, 0.3) is 10.9 Å². The van der Waals surface area contributed by atoms with Crippen molar-refractivity contribution in [3.8, 4) is 0 Å². The van der Waals surface area contributed by atoms with Crippen molar-refractivity contribution in [3.63, 3.8) is 0 Å². The molecule has 1 aliphatic carbocycles. The second kappa shape index (κ2) is 5.39. The van der Waals surface area contributed by atoms with Crippen LogP contribution < -0.4 is 5.32 Å². The van der Waals surface area contributed by atoms with Gasteiger partial charge in [0.05, 0.1) is 5.52 Å². The molecule has 21 heavy (non-hydrogen) atoms. The van der Waals surface area contributed by atoms with Gasteiger partial charge in [-0.1, -0.05) is 24.3 Å². The summed E-state index contributed by atoms with van der Waals surface area (Å²) in [6, 6.07) is 12.1. The fraction of sp³-hybridized carbons (Fsp3) is 0.500. The number of likely N-dealkylation sites (tertiary alicyclic amines) is 1. The van der Waals surface area contributed by atoms with Crippen LogP contribution in [0.5, 0.6) is 0 Å². The lowest BCUT2D eigenvalue weighted by atomic mass is 9.92. The molecule has 2 aliphatic rings. The van der Waals surface area contributed by atoms with Crippen molar-refractivity contribution in [1.29, 1.82) is 0 Å². The lowest BCUT2D eigenvalue weighted by Gasteiger charge is -2.26. The minimum atomic E-state index is 0.495. The first-order chi connectivity index (χ1) is 10.3. The first-order valence-electron chi connectivity index (χ1n) is 8.10. The van der Waals surface area contributed by atoms with Crippen LogP contribution in [0.2, 0.25) is 0 Å². The second-order valence-electron chi connectivity index (χ2n) is 6.58. The van der Waals surface area contributed by atoms with Crippen molar-refractivity contribution >= 4 is 10.9 Å². The summed E-state index contributed by atoms with van der Waals surface area (Å²) >= 11 is 0. The first-order valence-corrected chi connectivity index (χ1v) is 8.10. The van der Waals surface area contributed by atoms with Crippen LogP contribution in [0.15, 0.2) is 36.5 Å². The van der Waals surface area contributed by atoms with E-state index >= 15 is 0 Å². The Morgan fingerprint density at radius 3 is 2.90 bits per heavy atom. The van der Waals surface area contributed by atoms with Crippen LogP contribution in [0, 0.1) is 5.92 Å². The predicted octanol–water partition coefficient (Wildman–Crippen LogP) is 2.98. The van der Waals surface area contributed by atoms with E-state index in [4.69, 9.17) is 0 Å². The Morgan fingerprint density at radius 1 is 1.19 bits per heavy atom. The maximum atomic E-state index is 4.66. The molecule has 1 aromatic carbocycles. The van der Waals surface area contributed by atoms with E-state index in [1.165, 1.54) is 42.3 Å². The quantitative estimate of drug-likeness (QED) is 0.934. The molecule has 110 valence electrons. The first kappa shape index (κ1) is 13.2. The summed E-state index contributed by atoms with van der Waals surface area (Å²) in [5.74, 6) is 0.697. The topological polar surface area (TPSA) is 28.2 Å². The third-order valence-corrected chi connectivity index (χ3v) is 5.00. The van der Waals surface area contributed by atoms with Gasteiger partial charge in [0.2, 0.25) is 0 Å². The molecule has 2 unspecified atom stereocenters. The van der Waals surface area contributed by atoms with Gasteiger partial charge < -0.3 is 5.32 Å². The highest BCUT2D eigenvalue weighted by atomic mass is 15.2. The van der Waals surface area contributed by atoms with Crippen molar-refractivity contribution in [2.45, 2.75) is 31.3 Å². The SMILES string of the molecule is CN1CCC(CNC2CC2)C1c1cccc2cccnc12. The molecule has 2 aromatic rings. The minimum Gasteiger partial charge on any atom is -0.314 e. The largest absolute Gasteiger partial charge is 0.314 e. The fourth-order valence-electron chi connectivity index (χ4n) is 3.70. The molecule has 3 heteroatoms. The second-order valence-corrected chi connectivity index (χ2v) is 6.58. The van der Waals surface area contributed by atoms with Gasteiger partial charge in [0.15, 0.2) is 0 Å². The number of hydrogen-bond acceptors (Lipinski definition) is 3. The molecule has 2 fully saturated rings. The van der Waals surface area contributed by atoms with Crippen molar-refractivity contribution in [2.75, 3.05) is 20.1 Å². The summed E-state index contributed by atoms with van der Waals surface area (Å²) in [7, 11) is 2.25. The normalized spacial score (nSPS) is 26.5. The molecule has 0 amide bonds. The Bertz CT molecular complexity index is 630. The van der Waals surface area contributed by atoms with Gasteiger partial charge in [-0.3, -0.25) is 9.88 Å². The van der Waals surface area contributed by atoms with Gasteiger partial charge in [-0.25, -0.2) is 0 Å². The number of fused-ring (bicyclic) bond motifs is 1. The zero-order valence-electron chi connectivity index (χ0n) is 12.6. The Hall–Kier alpha value is -1.45. The van der Waals surface area contributed by atoms with Gasteiger partial charge in [-0.05, 0) is 50.4 Å². The van der Waals surface area contributed by atoms with E-state index in [1.807, 2.05) is 12.3 Å². The molecule has 2 atom stereocenters. The van der Waals surface area contributed by atoms with Crippen LogP contribution in [-0.4, -0.2) is 36.1 Å². The van der Waals surface area contributed by atoms with E-state index in [0.29, 0.717) is 12.0 Å². The van der Waals surface area contributed by atoms with E-state index in [1.54, 1.807) is 0 Å². The summed E-state index contributed by atoms with van der Waals surface area (Å²) in [5, 5.41) is 4.97. The maximum Gasteiger partial charge on any atom is 0.0749 e. The molecule has 1 aliphatic heterocycles. The summed E-state index contributed by atoms with van der Waals surface area (Å²) < 4.78 is 0.